The number of aliphatic imine (C=N–C) groups is 1. The number of hydrogen-bond acceptors (Lipinski definition) is 4. The summed E-state index contributed by atoms with van der Waals surface area (Å²) >= 11 is 0. The van der Waals surface area contributed by atoms with Crippen molar-refractivity contribution < 1.29 is 61.2 Å². The molecule has 0 bridgehead atoms. The van der Waals surface area contributed by atoms with E-state index in [2.05, 4.69) is 4.99 Å². The maximum absolute atomic E-state index is 12.9. The Hall–Kier alpha value is -4.15. The number of halogens is 6. The van der Waals surface area contributed by atoms with Crippen LogP contribution >= 0.6 is 0 Å². The molecule has 0 unspecified atom stereocenters. The number of carbonyl (C=O) groups excluding carboxylic acids is 2. The van der Waals surface area contributed by atoms with Gasteiger partial charge in [-0.1, -0.05) is 14.9 Å². The highest BCUT2D eigenvalue weighted by atomic mass is 19.4. The van der Waals surface area contributed by atoms with Crippen LogP contribution in [0.4, 0.5) is 26.3 Å². The fourth-order valence-electron chi connectivity index (χ4n) is 2.77. The van der Waals surface area contributed by atoms with Gasteiger partial charge in [0.1, 0.15) is 6.54 Å². The van der Waals surface area contributed by atoms with Crippen molar-refractivity contribution in [2.24, 2.45) is 16.5 Å². The molecule has 37 heavy (non-hydrogen) atoms. The molecule has 2 amide bonds. The van der Waals surface area contributed by atoms with E-state index in [0.717, 1.165) is 6.07 Å². The Morgan fingerprint density at radius 2 is 1.49 bits per heavy atom. The summed E-state index contributed by atoms with van der Waals surface area (Å²) < 4.78 is 77.0. The van der Waals surface area contributed by atoms with Crippen LogP contribution in [-0.2, 0) is 20.6 Å². The molecule has 1 atom stereocenters. The van der Waals surface area contributed by atoms with Crippen LogP contribution in [0.3, 0.4) is 0 Å². The minimum Gasteiger partial charge on any atom is -0.478 e. The average molecular weight is 548 g/mol. The third-order valence-corrected chi connectivity index (χ3v) is 3.95. The molecule has 2 rings (SSSR count). The van der Waals surface area contributed by atoms with Crippen LogP contribution in [0.25, 0.3) is 0 Å². The van der Waals surface area contributed by atoms with E-state index < -0.39 is 66.6 Å². The van der Waals surface area contributed by atoms with E-state index in [4.69, 9.17) is 21.7 Å². The first-order valence-electron chi connectivity index (χ1n) is 8.77. The van der Waals surface area contributed by atoms with Crippen molar-refractivity contribution in [1.29, 1.82) is 0 Å². The van der Waals surface area contributed by atoms with Crippen LogP contribution in [0, 0.1) is 0 Å². The van der Waals surface area contributed by atoms with Gasteiger partial charge in [0.25, 0.3) is 11.8 Å². The predicted molar refractivity (Wildman–Crippen MR) is 118 cm³/mol. The van der Waals surface area contributed by atoms with Gasteiger partial charge < -0.3 is 32.1 Å². The van der Waals surface area contributed by atoms with Crippen LogP contribution in [-0.4, -0.2) is 63.0 Å². The Morgan fingerprint density at radius 1 is 1.00 bits per heavy atom. The van der Waals surface area contributed by atoms with E-state index in [9.17, 15) is 45.5 Å². The van der Waals surface area contributed by atoms with E-state index in [-0.39, 0.29) is 36.4 Å². The van der Waals surface area contributed by atoms with Gasteiger partial charge in [0, 0.05) is 17.7 Å². The lowest BCUT2D eigenvalue weighted by molar-refractivity contribution is -0.145. The van der Waals surface area contributed by atoms with Crippen LogP contribution in [0.1, 0.15) is 48.8 Å². The molecule has 1 aliphatic rings. The highest BCUT2D eigenvalue weighted by Crippen LogP contribution is 2.41. The number of fused-ring (bicyclic) bond motifs is 1. The van der Waals surface area contributed by atoms with E-state index in [1.807, 2.05) is 0 Å². The second-order valence-corrected chi connectivity index (χ2v) is 6.51. The normalized spacial score (nSPS) is 14.2. The first-order valence-corrected chi connectivity index (χ1v) is 8.77. The summed E-state index contributed by atoms with van der Waals surface area (Å²) in [5, 5.41) is 15.6. The standard InChI is InChI=1S/C14H12F6N4O2.C4H4O4.2CH4.H2O/c15-13(16,17)5-24-9(4-10(25)23-12(21)22)8-3-6(14(18,19)20)1-2-7(8)11(24)26;5-3(6)1-2-4(7)8;;;/h1-3,9H,4-5H2,(H4,21,22,23,25);1-2H,(H,5,6)(H,7,8);2*1H4;1H2/b;2-1+;;;/t9-;;;;/m0..../s1. The van der Waals surface area contributed by atoms with Gasteiger partial charge in [-0.05, 0) is 23.8 Å². The molecule has 0 spiro atoms. The average Bonchev–Trinajstić information content (AvgIpc) is 2.89. The van der Waals surface area contributed by atoms with Gasteiger partial charge in [-0.25, -0.2) is 9.59 Å². The Kier molecular flexibility index (Phi) is 14.6. The maximum atomic E-state index is 12.9. The number of benzene rings is 1. The van der Waals surface area contributed by atoms with Crippen LogP contribution in [0.2, 0.25) is 0 Å². The lowest BCUT2D eigenvalue weighted by Crippen LogP contribution is -2.37. The van der Waals surface area contributed by atoms with Crippen LogP contribution < -0.4 is 11.5 Å². The molecule has 1 aliphatic heterocycles. The molecule has 0 saturated carbocycles. The third-order valence-electron chi connectivity index (χ3n) is 3.95. The van der Waals surface area contributed by atoms with Crippen LogP contribution in [0.15, 0.2) is 35.3 Å². The molecule has 1 aromatic carbocycles. The molecule has 0 radical (unpaired) electrons. The minimum absolute atomic E-state index is 0. The number of carboxylic acid groups (broad SMARTS) is 2. The fourth-order valence-corrected chi connectivity index (χ4v) is 2.77. The molecule has 0 aromatic heterocycles. The van der Waals surface area contributed by atoms with Gasteiger partial charge in [-0.15, -0.1) is 0 Å². The second kappa shape index (κ2) is 14.4. The summed E-state index contributed by atoms with van der Waals surface area (Å²) in [6.07, 6.45) is -9.27. The molecule has 0 fully saturated rings. The number of aliphatic carboxylic acids is 2. The molecular formula is C20H26F6N4O7. The number of nitrogens with zero attached hydrogens (tertiary/aromatic N) is 2. The van der Waals surface area contributed by atoms with Crippen molar-refractivity contribution in [2.45, 2.75) is 39.7 Å². The van der Waals surface area contributed by atoms with E-state index in [1.54, 1.807) is 0 Å². The third kappa shape index (κ3) is 11.9. The molecule has 1 aromatic rings. The van der Waals surface area contributed by atoms with Crippen LogP contribution in [0.5, 0.6) is 0 Å². The highest BCUT2D eigenvalue weighted by Gasteiger charge is 2.45. The molecule has 17 heteroatoms. The SMILES string of the molecule is C.C.NC(N)=NC(=O)C[C@H]1c2cc(C(F)(F)F)ccc2C(=O)N1CC(F)(F)F.O.O=C(O)/C=C/C(=O)O. The van der Waals surface area contributed by atoms with E-state index in [0.29, 0.717) is 24.3 Å². The van der Waals surface area contributed by atoms with Crippen molar-refractivity contribution >= 4 is 29.7 Å². The summed E-state index contributed by atoms with van der Waals surface area (Å²) in [5.41, 5.74) is 8.17. The lowest BCUT2D eigenvalue weighted by atomic mass is 9.99. The van der Waals surface area contributed by atoms with Crippen molar-refractivity contribution in [3.05, 3.63) is 47.0 Å². The molecule has 8 N–H and O–H groups in total. The van der Waals surface area contributed by atoms with Gasteiger partial charge in [0.15, 0.2) is 5.96 Å². The number of guanidine groups is 1. The molecular weight excluding hydrogens is 522 g/mol. The Balaban J connectivity index is -0.000000917. The maximum Gasteiger partial charge on any atom is 0.416 e. The monoisotopic (exact) mass is 548 g/mol. The smallest absolute Gasteiger partial charge is 0.416 e. The van der Waals surface area contributed by atoms with Gasteiger partial charge in [0.05, 0.1) is 18.0 Å². The number of alkyl halides is 6. The molecule has 210 valence electrons. The predicted octanol–water partition coefficient (Wildman–Crippen LogP) is 2.11. The number of carbonyl (C=O) groups is 4. The number of nitrogens with two attached hydrogens (primary N) is 2. The molecule has 0 saturated heterocycles. The second-order valence-electron chi connectivity index (χ2n) is 6.51. The zero-order valence-corrected chi connectivity index (χ0v) is 17.2. The van der Waals surface area contributed by atoms with Crippen molar-refractivity contribution in [3.63, 3.8) is 0 Å². The molecule has 0 aliphatic carbocycles. The zero-order valence-electron chi connectivity index (χ0n) is 17.2. The number of amides is 2. The topological polar surface area (TPSA) is 208 Å². The summed E-state index contributed by atoms with van der Waals surface area (Å²) in [7, 11) is 0. The van der Waals surface area contributed by atoms with Crippen molar-refractivity contribution in [2.75, 3.05) is 6.54 Å². The quantitative estimate of drug-likeness (QED) is 0.185. The summed E-state index contributed by atoms with van der Waals surface area (Å²) in [5.74, 6) is -5.38. The van der Waals surface area contributed by atoms with E-state index in [1.165, 1.54) is 0 Å². The zero-order chi connectivity index (χ0) is 26.4. The van der Waals surface area contributed by atoms with E-state index >= 15 is 0 Å². The largest absolute Gasteiger partial charge is 0.478 e. The Bertz CT molecular complexity index is 1020. The van der Waals surface area contributed by atoms with Crippen molar-refractivity contribution in [1.82, 2.24) is 4.90 Å². The van der Waals surface area contributed by atoms with Gasteiger partial charge in [0.2, 0.25) is 0 Å². The molecule has 11 nitrogen and oxygen atoms in total. The first-order chi connectivity index (χ1) is 15.4. The van der Waals surface area contributed by atoms with Crippen molar-refractivity contribution in [3.8, 4) is 0 Å². The highest BCUT2D eigenvalue weighted by molar-refractivity contribution is 6.00. The number of hydrogen-bond donors (Lipinski definition) is 4. The minimum atomic E-state index is -4.82. The van der Waals surface area contributed by atoms with Gasteiger partial charge in [-0.2, -0.15) is 31.3 Å². The van der Waals surface area contributed by atoms with Gasteiger partial charge in [-0.3, -0.25) is 9.59 Å². The Morgan fingerprint density at radius 3 is 1.86 bits per heavy atom. The number of carboxylic acids is 2. The lowest BCUT2D eigenvalue weighted by Gasteiger charge is -2.25. The number of rotatable bonds is 5. The molecule has 1 heterocycles. The summed E-state index contributed by atoms with van der Waals surface area (Å²) in [6, 6.07) is 0.353. The summed E-state index contributed by atoms with van der Waals surface area (Å²) in [6.45, 7) is -1.73. The fraction of sp³-hybridized carbons (Fsp3) is 0.350. The summed E-state index contributed by atoms with van der Waals surface area (Å²) in [4.78, 5) is 46.5. The first kappa shape index (κ1) is 37.4. The Labute approximate surface area is 206 Å². The van der Waals surface area contributed by atoms with Gasteiger partial charge >= 0.3 is 24.3 Å².